The normalized spacial score (nSPS) is 20.9. The molecule has 0 amide bonds. The lowest BCUT2D eigenvalue weighted by Crippen LogP contribution is -2.42. The van der Waals surface area contributed by atoms with Crippen LogP contribution in [0, 0.1) is 11.7 Å². The van der Waals surface area contributed by atoms with Crippen molar-refractivity contribution in [2.75, 3.05) is 19.7 Å². The van der Waals surface area contributed by atoms with Crippen LogP contribution in [-0.2, 0) is 20.9 Å². The Morgan fingerprint density at radius 2 is 2.09 bits per heavy atom. The Morgan fingerprint density at radius 1 is 1.29 bits per heavy atom. The van der Waals surface area contributed by atoms with E-state index in [0.29, 0.717) is 50.5 Å². The minimum absolute atomic E-state index is 0.00990. The van der Waals surface area contributed by atoms with Crippen molar-refractivity contribution in [3.8, 4) is 0 Å². The van der Waals surface area contributed by atoms with Crippen LogP contribution in [0.5, 0.6) is 0 Å². The number of rotatable bonds is 10. The number of hydrogen-bond donors (Lipinski definition) is 1. The van der Waals surface area contributed by atoms with E-state index in [1.54, 1.807) is 25.1 Å². The van der Waals surface area contributed by atoms with Crippen LogP contribution in [0.25, 0.3) is 6.08 Å². The zero-order valence-corrected chi connectivity index (χ0v) is 20.2. The summed E-state index contributed by atoms with van der Waals surface area (Å²) in [5.41, 5.74) is 1.40. The smallest absolute Gasteiger partial charge is 0.305 e. The van der Waals surface area contributed by atoms with Crippen LogP contribution in [0.15, 0.2) is 29.8 Å². The quantitative estimate of drug-likeness (QED) is 0.406. The minimum Gasteiger partial charge on any atom is -0.466 e. The van der Waals surface area contributed by atoms with Crippen LogP contribution in [-0.4, -0.2) is 61.8 Å². The van der Waals surface area contributed by atoms with Crippen molar-refractivity contribution in [3.63, 3.8) is 0 Å². The maximum absolute atomic E-state index is 14.7. The number of benzene rings is 1. The fraction of sp³-hybridized carbons (Fsp3) is 0.542. The first-order valence-electron chi connectivity index (χ1n) is 11.8. The largest absolute Gasteiger partial charge is 0.466 e. The molecule has 2 atom stereocenters. The first kappa shape index (κ1) is 24.5. The van der Waals surface area contributed by atoms with Gasteiger partial charge >= 0.3 is 5.97 Å². The second kappa shape index (κ2) is 11.2. The third-order valence-corrected chi connectivity index (χ3v) is 6.73. The summed E-state index contributed by atoms with van der Waals surface area (Å²) in [7, 11) is 0. The van der Waals surface area contributed by atoms with Gasteiger partial charge in [0.15, 0.2) is 11.6 Å². The van der Waals surface area contributed by atoms with Crippen molar-refractivity contribution in [2.45, 2.75) is 56.9 Å². The standard InChI is InChI=1S/C24H30FN5O3S/c1-2-33-22(31)8-5-12-30-27-21(26-28-30)14-17-15-29(13-11-20(17)34)23(24(32)16-9-10-16)18-6-3-4-7-19(18)25/h3-4,6-7,14,16,20,23,34H,2,5,8-13,15H2,1H3. The number of ether oxygens (including phenoxy) is 1. The van der Waals surface area contributed by atoms with Crippen LogP contribution >= 0.6 is 12.6 Å². The molecule has 182 valence electrons. The number of likely N-dealkylation sites (tertiary alicyclic amines) is 1. The number of halogens is 1. The molecule has 2 heterocycles. The van der Waals surface area contributed by atoms with Gasteiger partial charge in [-0.1, -0.05) is 18.2 Å². The van der Waals surface area contributed by atoms with Crippen molar-refractivity contribution < 1.29 is 18.7 Å². The molecule has 2 fully saturated rings. The number of aryl methyl sites for hydroxylation is 1. The number of piperidine rings is 1. The van der Waals surface area contributed by atoms with Gasteiger partial charge in [0.1, 0.15) is 5.82 Å². The molecule has 2 aliphatic rings. The predicted octanol–water partition coefficient (Wildman–Crippen LogP) is 3.26. The number of hydrogen-bond acceptors (Lipinski definition) is 8. The number of carbonyl (C=O) groups is 2. The number of aromatic nitrogens is 4. The maximum atomic E-state index is 14.7. The molecule has 1 aromatic heterocycles. The van der Waals surface area contributed by atoms with Gasteiger partial charge in [-0.05, 0) is 55.5 Å². The van der Waals surface area contributed by atoms with Gasteiger partial charge in [-0.3, -0.25) is 14.5 Å². The molecule has 1 saturated carbocycles. The molecule has 1 saturated heterocycles. The summed E-state index contributed by atoms with van der Waals surface area (Å²) in [6.07, 6.45) is 5.18. The topological polar surface area (TPSA) is 90.2 Å². The summed E-state index contributed by atoms with van der Waals surface area (Å²) >= 11 is 4.73. The summed E-state index contributed by atoms with van der Waals surface area (Å²) in [5, 5.41) is 12.5. The fourth-order valence-electron chi connectivity index (χ4n) is 4.24. The van der Waals surface area contributed by atoms with Crippen LogP contribution in [0.2, 0.25) is 0 Å². The van der Waals surface area contributed by atoms with Gasteiger partial charge in [-0.25, -0.2) is 4.39 Å². The number of ketones is 1. The Hall–Kier alpha value is -2.59. The Labute approximate surface area is 203 Å². The third-order valence-electron chi connectivity index (χ3n) is 6.14. The zero-order chi connectivity index (χ0) is 24.1. The molecular formula is C24H30FN5O3S. The van der Waals surface area contributed by atoms with Crippen LogP contribution in [0.3, 0.4) is 0 Å². The van der Waals surface area contributed by atoms with E-state index in [4.69, 9.17) is 17.4 Å². The number of carbonyl (C=O) groups excluding carboxylic acids is 2. The van der Waals surface area contributed by atoms with Crippen LogP contribution in [0.1, 0.15) is 56.5 Å². The van der Waals surface area contributed by atoms with E-state index in [0.717, 1.165) is 24.8 Å². The molecule has 1 aliphatic carbocycles. The lowest BCUT2D eigenvalue weighted by molar-refractivity contribution is -0.143. The first-order chi connectivity index (χ1) is 16.5. The maximum Gasteiger partial charge on any atom is 0.305 e. The summed E-state index contributed by atoms with van der Waals surface area (Å²) in [6, 6.07) is 5.93. The molecule has 2 aromatic rings. The highest BCUT2D eigenvalue weighted by atomic mass is 32.1. The monoisotopic (exact) mass is 487 g/mol. The van der Waals surface area contributed by atoms with E-state index >= 15 is 0 Å². The summed E-state index contributed by atoms with van der Waals surface area (Å²) in [5.74, 6) is -0.0413. The second-order valence-corrected chi connectivity index (χ2v) is 9.37. The van der Waals surface area contributed by atoms with Crippen molar-refractivity contribution in [2.24, 2.45) is 5.92 Å². The highest BCUT2D eigenvalue weighted by Crippen LogP contribution is 2.39. The highest BCUT2D eigenvalue weighted by Gasteiger charge is 2.40. The van der Waals surface area contributed by atoms with Crippen LogP contribution < -0.4 is 0 Å². The van der Waals surface area contributed by atoms with Gasteiger partial charge in [0.25, 0.3) is 0 Å². The lowest BCUT2D eigenvalue weighted by Gasteiger charge is -2.37. The third kappa shape index (κ3) is 6.09. The van der Waals surface area contributed by atoms with E-state index in [1.165, 1.54) is 10.9 Å². The van der Waals surface area contributed by atoms with Crippen molar-refractivity contribution in [1.29, 1.82) is 0 Å². The molecule has 0 spiro atoms. The Balaban J connectivity index is 1.47. The van der Waals surface area contributed by atoms with E-state index in [-0.39, 0.29) is 28.7 Å². The number of esters is 1. The second-order valence-electron chi connectivity index (χ2n) is 8.75. The summed E-state index contributed by atoms with van der Waals surface area (Å²) < 4.78 is 19.6. The molecule has 2 unspecified atom stereocenters. The van der Waals surface area contributed by atoms with E-state index in [1.807, 2.05) is 11.0 Å². The lowest BCUT2D eigenvalue weighted by atomic mass is 9.93. The molecule has 1 aromatic carbocycles. The minimum atomic E-state index is -0.607. The average Bonchev–Trinajstić information content (AvgIpc) is 3.58. The zero-order valence-electron chi connectivity index (χ0n) is 19.3. The van der Waals surface area contributed by atoms with Gasteiger partial charge in [0.05, 0.1) is 19.2 Å². The summed E-state index contributed by atoms with van der Waals surface area (Å²) in [6.45, 7) is 3.72. The Morgan fingerprint density at radius 3 is 2.82 bits per heavy atom. The van der Waals surface area contributed by atoms with Crippen molar-refractivity contribution in [1.82, 2.24) is 25.1 Å². The van der Waals surface area contributed by atoms with Gasteiger partial charge in [0, 0.05) is 36.2 Å². The van der Waals surface area contributed by atoms with Crippen LogP contribution in [0.4, 0.5) is 4.39 Å². The van der Waals surface area contributed by atoms with E-state index < -0.39 is 6.04 Å². The van der Waals surface area contributed by atoms with Gasteiger partial charge in [-0.15, -0.1) is 10.2 Å². The molecule has 0 bridgehead atoms. The van der Waals surface area contributed by atoms with Crippen molar-refractivity contribution in [3.05, 3.63) is 47.0 Å². The molecule has 34 heavy (non-hydrogen) atoms. The SMILES string of the molecule is CCOC(=O)CCCn1nnc(C=C2CN(C(C(=O)C3CC3)c3ccccc3F)CCC2S)n1. The highest BCUT2D eigenvalue weighted by molar-refractivity contribution is 7.81. The molecule has 8 nitrogen and oxygen atoms in total. The predicted molar refractivity (Wildman–Crippen MR) is 127 cm³/mol. The van der Waals surface area contributed by atoms with E-state index in [9.17, 15) is 14.0 Å². The molecule has 10 heteroatoms. The number of Topliss-reactive ketones (excluding diaryl/α,β-unsaturated/α-hetero) is 1. The first-order valence-corrected chi connectivity index (χ1v) is 12.3. The molecular weight excluding hydrogens is 457 g/mol. The molecule has 4 rings (SSSR count). The van der Waals surface area contributed by atoms with Gasteiger partial charge in [0.2, 0.25) is 0 Å². The van der Waals surface area contributed by atoms with Crippen molar-refractivity contribution >= 4 is 30.5 Å². The summed E-state index contributed by atoms with van der Waals surface area (Å²) in [4.78, 5) is 28.2. The number of tetrazole rings is 1. The fourth-order valence-corrected chi connectivity index (χ4v) is 4.52. The van der Waals surface area contributed by atoms with Gasteiger partial charge < -0.3 is 4.74 Å². The Bertz CT molecular complexity index is 1050. The molecule has 0 radical (unpaired) electrons. The molecule has 1 aliphatic heterocycles. The molecule has 0 N–H and O–H groups in total. The Kier molecular flexibility index (Phi) is 8.10. The van der Waals surface area contributed by atoms with E-state index in [2.05, 4.69) is 15.4 Å². The number of nitrogens with zero attached hydrogens (tertiary/aromatic N) is 5. The van der Waals surface area contributed by atoms with Gasteiger partial charge in [-0.2, -0.15) is 17.4 Å². The number of thiol groups is 1. The average molecular weight is 488 g/mol.